The highest BCUT2D eigenvalue weighted by Gasteiger charge is 2.30. The molecule has 0 aliphatic heterocycles. The van der Waals surface area contributed by atoms with E-state index in [2.05, 4.69) is 4.98 Å². The van der Waals surface area contributed by atoms with Gasteiger partial charge in [-0.25, -0.2) is 4.39 Å². The average molecular weight is 318 g/mol. The molecule has 0 radical (unpaired) electrons. The van der Waals surface area contributed by atoms with Gasteiger partial charge in [-0.05, 0) is 35.4 Å². The number of nitriles is 1. The van der Waals surface area contributed by atoms with Crippen molar-refractivity contribution in [3.63, 3.8) is 0 Å². The summed E-state index contributed by atoms with van der Waals surface area (Å²) in [5.41, 5.74) is 0.365. The molecule has 6 heteroatoms. The molecule has 0 bridgehead atoms. The van der Waals surface area contributed by atoms with Crippen molar-refractivity contribution in [1.29, 1.82) is 5.26 Å². The Morgan fingerprint density at radius 2 is 1.91 bits per heavy atom. The lowest BCUT2D eigenvalue weighted by atomic mass is 9.99. The third kappa shape index (κ3) is 2.66. The maximum atomic E-state index is 14.8. The Kier molecular flexibility index (Phi) is 3.57. The zero-order valence-corrected chi connectivity index (χ0v) is 11.7. The number of fused-ring (bicyclic) bond motifs is 1. The molecule has 0 aliphatic carbocycles. The van der Waals surface area contributed by atoms with Crippen LogP contribution in [-0.2, 0) is 12.6 Å². The Balaban J connectivity index is 2.19. The topological polar surface area (TPSA) is 39.6 Å². The van der Waals surface area contributed by atoms with E-state index in [9.17, 15) is 17.6 Å². The lowest BCUT2D eigenvalue weighted by molar-refractivity contribution is -0.137. The number of alkyl halides is 3. The van der Waals surface area contributed by atoms with Gasteiger partial charge in [0.1, 0.15) is 5.82 Å². The fourth-order valence-electron chi connectivity index (χ4n) is 2.56. The van der Waals surface area contributed by atoms with Crippen LogP contribution in [0.3, 0.4) is 0 Å². The van der Waals surface area contributed by atoms with E-state index in [0.717, 1.165) is 12.1 Å². The van der Waals surface area contributed by atoms with Gasteiger partial charge in [-0.2, -0.15) is 18.4 Å². The van der Waals surface area contributed by atoms with Crippen LogP contribution in [0.1, 0.15) is 11.1 Å². The summed E-state index contributed by atoms with van der Waals surface area (Å²) in [4.78, 5) is 2.86. The summed E-state index contributed by atoms with van der Waals surface area (Å²) in [5.74, 6) is -0.631. The molecule has 0 saturated carbocycles. The number of halogens is 4. The van der Waals surface area contributed by atoms with E-state index in [0.29, 0.717) is 11.1 Å². The minimum Gasteiger partial charge on any atom is -0.361 e. The minimum absolute atomic E-state index is 0.0168. The summed E-state index contributed by atoms with van der Waals surface area (Å²) in [7, 11) is 0. The number of hydrogen-bond donors (Lipinski definition) is 1. The Morgan fingerprint density at radius 1 is 1.13 bits per heavy atom. The number of rotatable bonds is 2. The molecule has 0 aliphatic rings. The fraction of sp³-hybridized carbons (Fsp3) is 0.118. The van der Waals surface area contributed by atoms with E-state index >= 15 is 0 Å². The normalized spacial score (nSPS) is 11.6. The Bertz CT molecular complexity index is 916. The summed E-state index contributed by atoms with van der Waals surface area (Å²) in [6.45, 7) is 0. The van der Waals surface area contributed by atoms with Crippen LogP contribution < -0.4 is 0 Å². The number of nitrogens with one attached hydrogen (secondary N) is 1. The van der Waals surface area contributed by atoms with Crippen molar-refractivity contribution in [2.45, 2.75) is 12.6 Å². The predicted octanol–water partition coefficient (Wildman–Crippen LogP) is 5.06. The third-order valence-electron chi connectivity index (χ3n) is 3.64. The molecule has 3 aromatic rings. The quantitative estimate of drug-likeness (QED) is 0.659. The van der Waals surface area contributed by atoms with Gasteiger partial charge in [0, 0.05) is 22.7 Å². The van der Waals surface area contributed by atoms with Crippen molar-refractivity contribution in [3.8, 4) is 17.2 Å². The molecule has 23 heavy (non-hydrogen) atoms. The van der Waals surface area contributed by atoms with Crippen molar-refractivity contribution >= 4 is 10.9 Å². The SMILES string of the molecule is N#CCc1c[nH]c2ccc(-c3cccc(C(F)(F)F)c3)c(F)c12. The summed E-state index contributed by atoms with van der Waals surface area (Å²) >= 11 is 0. The summed E-state index contributed by atoms with van der Waals surface area (Å²) in [6.07, 6.45) is -2.94. The molecule has 0 atom stereocenters. The number of aromatic nitrogens is 1. The first-order valence-corrected chi connectivity index (χ1v) is 6.75. The molecule has 0 unspecified atom stereocenters. The zero-order valence-electron chi connectivity index (χ0n) is 11.7. The molecule has 0 saturated heterocycles. The van der Waals surface area contributed by atoms with Crippen LogP contribution in [0.4, 0.5) is 17.6 Å². The standard InChI is InChI=1S/C17H10F4N2/c18-16-13(10-2-1-3-12(8-10)17(19,20)21)4-5-14-15(16)11(6-7-22)9-23-14/h1-5,8-9,23H,6H2. The van der Waals surface area contributed by atoms with Crippen molar-refractivity contribution < 1.29 is 17.6 Å². The van der Waals surface area contributed by atoms with Gasteiger partial charge in [-0.1, -0.05) is 12.1 Å². The van der Waals surface area contributed by atoms with E-state index in [-0.39, 0.29) is 22.9 Å². The van der Waals surface area contributed by atoms with Crippen LogP contribution in [0.2, 0.25) is 0 Å². The fourth-order valence-corrected chi connectivity index (χ4v) is 2.56. The van der Waals surface area contributed by atoms with Crippen LogP contribution in [0.5, 0.6) is 0 Å². The van der Waals surface area contributed by atoms with Crippen LogP contribution >= 0.6 is 0 Å². The highest BCUT2D eigenvalue weighted by Crippen LogP contribution is 2.35. The number of aromatic amines is 1. The molecule has 2 aromatic carbocycles. The molecule has 3 rings (SSSR count). The summed E-state index contributed by atoms with van der Waals surface area (Å²) in [6, 6.07) is 9.50. The van der Waals surface area contributed by atoms with Gasteiger partial charge in [0.25, 0.3) is 0 Å². The Morgan fingerprint density at radius 3 is 2.61 bits per heavy atom. The summed E-state index contributed by atoms with van der Waals surface area (Å²) < 4.78 is 53.2. The average Bonchev–Trinajstić information content (AvgIpc) is 2.91. The molecule has 0 amide bonds. The van der Waals surface area contributed by atoms with Crippen LogP contribution in [0.15, 0.2) is 42.6 Å². The lowest BCUT2D eigenvalue weighted by Crippen LogP contribution is -2.04. The van der Waals surface area contributed by atoms with E-state index in [1.54, 1.807) is 6.07 Å². The van der Waals surface area contributed by atoms with Gasteiger partial charge in [-0.15, -0.1) is 0 Å². The van der Waals surface area contributed by atoms with E-state index in [4.69, 9.17) is 5.26 Å². The molecular weight excluding hydrogens is 308 g/mol. The highest BCUT2D eigenvalue weighted by atomic mass is 19.4. The van der Waals surface area contributed by atoms with Crippen LogP contribution in [0.25, 0.3) is 22.0 Å². The van der Waals surface area contributed by atoms with E-state index < -0.39 is 17.6 Å². The first-order chi connectivity index (χ1) is 10.9. The molecule has 1 N–H and O–H groups in total. The molecule has 1 aromatic heterocycles. The number of benzene rings is 2. The predicted molar refractivity (Wildman–Crippen MR) is 78.0 cm³/mol. The molecule has 116 valence electrons. The number of nitrogens with zero attached hydrogens (tertiary/aromatic N) is 1. The molecule has 0 fully saturated rings. The second kappa shape index (κ2) is 5.43. The van der Waals surface area contributed by atoms with E-state index in [1.165, 1.54) is 24.4 Å². The molecular formula is C17H10F4N2. The molecule has 0 spiro atoms. The Hall–Kier alpha value is -2.81. The first kappa shape index (κ1) is 15.1. The maximum Gasteiger partial charge on any atom is 0.416 e. The van der Waals surface area contributed by atoms with Crippen LogP contribution in [0, 0.1) is 17.1 Å². The van der Waals surface area contributed by atoms with Crippen molar-refractivity contribution in [3.05, 3.63) is 59.5 Å². The second-order valence-electron chi connectivity index (χ2n) is 5.08. The third-order valence-corrected chi connectivity index (χ3v) is 3.64. The zero-order chi connectivity index (χ0) is 16.6. The van der Waals surface area contributed by atoms with Gasteiger partial charge in [0.2, 0.25) is 0 Å². The first-order valence-electron chi connectivity index (χ1n) is 6.75. The van der Waals surface area contributed by atoms with Gasteiger partial charge in [0.15, 0.2) is 0 Å². The monoisotopic (exact) mass is 318 g/mol. The second-order valence-corrected chi connectivity index (χ2v) is 5.08. The minimum atomic E-state index is -4.49. The van der Waals surface area contributed by atoms with Crippen molar-refractivity contribution in [2.24, 2.45) is 0 Å². The largest absolute Gasteiger partial charge is 0.416 e. The smallest absolute Gasteiger partial charge is 0.361 e. The maximum absolute atomic E-state index is 14.8. The lowest BCUT2D eigenvalue weighted by Gasteiger charge is -2.10. The van der Waals surface area contributed by atoms with Crippen molar-refractivity contribution in [2.75, 3.05) is 0 Å². The van der Waals surface area contributed by atoms with E-state index in [1.807, 2.05) is 6.07 Å². The van der Waals surface area contributed by atoms with Crippen LogP contribution in [-0.4, -0.2) is 4.98 Å². The molecule has 2 nitrogen and oxygen atoms in total. The van der Waals surface area contributed by atoms with Crippen molar-refractivity contribution in [1.82, 2.24) is 4.98 Å². The highest BCUT2D eigenvalue weighted by molar-refractivity contribution is 5.89. The number of hydrogen-bond acceptors (Lipinski definition) is 1. The van der Waals surface area contributed by atoms with Gasteiger partial charge >= 0.3 is 6.18 Å². The summed E-state index contributed by atoms with van der Waals surface area (Å²) in [5, 5.41) is 9.03. The number of H-pyrrole nitrogens is 1. The van der Waals surface area contributed by atoms with Gasteiger partial charge < -0.3 is 4.98 Å². The van der Waals surface area contributed by atoms with Gasteiger partial charge in [0.05, 0.1) is 18.1 Å². The Labute approximate surface area is 129 Å². The van der Waals surface area contributed by atoms with Gasteiger partial charge in [-0.3, -0.25) is 0 Å². The molecule has 1 heterocycles.